The van der Waals surface area contributed by atoms with Crippen LogP contribution < -0.4 is 5.32 Å². The number of fused-ring (bicyclic) bond motifs is 1. The van der Waals surface area contributed by atoms with E-state index in [2.05, 4.69) is 15.4 Å². The summed E-state index contributed by atoms with van der Waals surface area (Å²) in [6, 6.07) is 3.89. The molecule has 0 unspecified atom stereocenters. The van der Waals surface area contributed by atoms with Crippen molar-refractivity contribution in [2.75, 3.05) is 0 Å². The van der Waals surface area contributed by atoms with Crippen LogP contribution >= 0.6 is 0 Å². The zero-order chi connectivity index (χ0) is 19.0. The highest BCUT2D eigenvalue weighted by Crippen LogP contribution is 2.69. The monoisotopic (exact) mass is 380 g/mol. The lowest BCUT2D eigenvalue weighted by molar-refractivity contribution is -0.214. The van der Waals surface area contributed by atoms with Crippen molar-refractivity contribution in [2.45, 2.75) is 50.1 Å². The number of hydrogen-bond acceptors (Lipinski definition) is 3. The van der Waals surface area contributed by atoms with Crippen LogP contribution in [0.2, 0.25) is 0 Å². The fourth-order valence-electron chi connectivity index (χ4n) is 4.54. The molecule has 3 heterocycles. The van der Waals surface area contributed by atoms with Crippen molar-refractivity contribution in [3.05, 3.63) is 35.8 Å². The molecular weight excluding hydrogens is 364 g/mol. The normalized spacial score (nSPS) is 31.0. The molecular formula is C18H16F4N4O. The second-order valence-electron chi connectivity index (χ2n) is 7.88. The van der Waals surface area contributed by atoms with Crippen molar-refractivity contribution < 1.29 is 22.4 Å². The molecule has 6 rings (SSSR count). The minimum atomic E-state index is -4.52. The number of aromatic nitrogens is 3. The van der Waals surface area contributed by atoms with Gasteiger partial charge in [-0.1, -0.05) is 0 Å². The van der Waals surface area contributed by atoms with Crippen molar-refractivity contribution in [1.29, 1.82) is 0 Å². The van der Waals surface area contributed by atoms with Crippen LogP contribution in [0.4, 0.5) is 17.6 Å². The summed E-state index contributed by atoms with van der Waals surface area (Å²) in [5, 5.41) is 7.34. The van der Waals surface area contributed by atoms with Gasteiger partial charge in [-0.05, 0) is 43.9 Å². The Morgan fingerprint density at radius 2 is 2.00 bits per heavy atom. The Bertz CT molecular complexity index is 931. The summed E-state index contributed by atoms with van der Waals surface area (Å²) >= 11 is 0. The second-order valence-corrected chi connectivity index (χ2v) is 7.88. The van der Waals surface area contributed by atoms with E-state index >= 15 is 0 Å². The number of carbonyl (C=O) groups excluding carboxylic acids is 1. The van der Waals surface area contributed by atoms with Crippen LogP contribution in [-0.2, 0) is 17.5 Å². The lowest BCUT2D eigenvalue weighted by atomic mass is 9.42. The van der Waals surface area contributed by atoms with Crippen LogP contribution in [0.25, 0.3) is 11.3 Å². The van der Waals surface area contributed by atoms with Crippen molar-refractivity contribution in [1.82, 2.24) is 20.1 Å². The summed E-state index contributed by atoms with van der Waals surface area (Å²) in [5.74, 6) is -0.133. The molecule has 4 aliphatic rings. The van der Waals surface area contributed by atoms with E-state index in [0.717, 1.165) is 18.0 Å². The first-order chi connectivity index (χ1) is 12.7. The Hall–Kier alpha value is -2.45. The Labute approximate surface area is 151 Å². The van der Waals surface area contributed by atoms with Gasteiger partial charge in [-0.15, -0.1) is 0 Å². The molecule has 0 aromatic carbocycles. The van der Waals surface area contributed by atoms with E-state index in [1.54, 1.807) is 10.7 Å². The van der Waals surface area contributed by atoms with Crippen LogP contribution in [0.1, 0.15) is 43.1 Å². The standard InChI is InChI=1S/C18H16F4N4O/c19-17-7-16(8-17,9-17)15(27)24-11-2-4-26-13(11)6-12(25-26)10-1-3-23-14(5-10)18(20,21)22/h1,3,5-6,11H,2,4,7-9H2,(H,24,27)/t11-,16?,17?/m0/s1. The summed E-state index contributed by atoms with van der Waals surface area (Å²) in [6.45, 7) is 0.567. The van der Waals surface area contributed by atoms with Gasteiger partial charge in [-0.2, -0.15) is 18.3 Å². The highest BCUT2D eigenvalue weighted by molar-refractivity contribution is 5.87. The maximum absolute atomic E-state index is 13.7. The maximum Gasteiger partial charge on any atom is 0.433 e. The molecule has 1 N–H and O–H groups in total. The van der Waals surface area contributed by atoms with E-state index < -0.39 is 23.0 Å². The number of halogens is 4. The van der Waals surface area contributed by atoms with Gasteiger partial charge in [0.1, 0.15) is 11.4 Å². The largest absolute Gasteiger partial charge is 0.433 e. The molecule has 5 nitrogen and oxygen atoms in total. The van der Waals surface area contributed by atoms with E-state index in [1.165, 1.54) is 6.07 Å². The van der Waals surface area contributed by atoms with Gasteiger partial charge in [0, 0.05) is 18.3 Å². The number of hydrogen-bond donors (Lipinski definition) is 1. The lowest BCUT2D eigenvalue weighted by Crippen LogP contribution is -2.70. The third-order valence-electron chi connectivity index (χ3n) is 5.90. The van der Waals surface area contributed by atoms with Gasteiger partial charge in [0.2, 0.25) is 5.91 Å². The minimum Gasteiger partial charge on any atom is -0.347 e. The SMILES string of the molecule is O=C(N[C@H]1CCn2nc(-c3ccnc(C(F)(F)F)c3)cc21)C12CC(F)(C1)C2. The molecule has 9 heteroatoms. The zero-order valence-electron chi connectivity index (χ0n) is 14.2. The Kier molecular flexibility index (Phi) is 3.14. The first-order valence-corrected chi connectivity index (χ1v) is 8.79. The van der Waals surface area contributed by atoms with Gasteiger partial charge in [-0.25, -0.2) is 4.39 Å². The molecule has 0 spiro atoms. The Morgan fingerprint density at radius 1 is 1.26 bits per heavy atom. The third kappa shape index (κ3) is 2.47. The number of carbonyl (C=O) groups is 1. The van der Waals surface area contributed by atoms with Gasteiger partial charge in [-0.3, -0.25) is 14.5 Å². The predicted molar refractivity (Wildman–Crippen MR) is 86.1 cm³/mol. The highest BCUT2D eigenvalue weighted by Gasteiger charge is 2.72. The summed E-state index contributed by atoms with van der Waals surface area (Å²) in [6.07, 6.45) is -1.88. The second kappa shape index (κ2) is 5.08. The summed E-state index contributed by atoms with van der Waals surface area (Å²) in [4.78, 5) is 15.8. The van der Waals surface area contributed by atoms with Crippen LogP contribution in [0.3, 0.4) is 0 Å². The summed E-state index contributed by atoms with van der Waals surface area (Å²) in [5.41, 5.74) is -1.18. The molecule has 27 heavy (non-hydrogen) atoms. The minimum absolute atomic E-state index is 0.133. The average Bonchev–Trinajstić information content (AvgIpc) is 3.12. The molecule has 2 bridgehead atoms. The molecule has 3 fully saturated rings. The van der Waals surface area contributed by atoms with Crippen molar-refractivity contribution in [2.24, 2.45) is 5.41 Å². The number of aryl methyl sites for hydroxylation is 1. The molecule has 1 aliphatic heterocycles. The quantitative estimate of drug-likeness (QED) is 0.831. The highest BCUT2D eigenvalue weighted by atomic mass is 19.4. The topological polar surface area (TPSA) is 59.8 Å². The van der Waals surface area contributed by atoms with E-state index in [9.17, 15) is 22.4 Å². The van der Waals surface area contributed by atoms with Gasteiger partial charge < -0.3 is 5.32 Å². The Morgan fingerprint density at radius 3 is 2.67 bits per heavy atom. The number of nitrogens with zero attached hydrogens (tertiary/aromatic N) is 3. The van der Waals surface area contributed by atoms with Crippen molar-refractivity contribution in [3.8, 4) is 11.3 Å². The molecule has 3 saturated carbocycles. The smallest absolute Gasteiger partial charge is 0.347 e. The molecule has 2 aromatic rings. The van der Waals surface area contributed by atoms with E-state index in [0.29, 0.717) is 43.5 Å². The average molecular weight is 380 g/mol. The third-order valence-corrected chi connectivity index (χ3v) is 5.90. The van der Waals surface area contributed by atoms with Gasteiger partial charge in [0.25, 0.3) is 0 Å². The number of pyridine rings is 1. The number of nitrogens with one attached hydrogen (secondary N) is 1. The van der Waals surface area contributed by atoms with Crippen LogP contribution in [0, 0.1) is 5.41 Å². The number of amides is 1. The maximum atomic E-state index is 13.7. The molecule has 1 atom stereocenters. The molecule has 142 valence electrons. The zero-order valence-corrected chi connectivity index (χ0v) is 14.2. The summed E-state index contributed by atoms with van der Waals surface area (Å²) in [7, 11) is 0. The first kappa shape index (κ1) is 16.7. The summed E-state index contributed by atoms with van der Waals surface area (Å²) < 4.78 is 54.0. The lowest BCUT2D eigenvalue weighted by Gasteiger charge is -2.64. The molecule has 2 aromatic heterocycles. The van der Waals surface area contributed by atoms with Crippen LogP contribution in [0.15, 0.2) is 24.4 Å². The number of alkyl halides is 4. The van der Waals surface area contributed by atoms with Crippen molar-refractivity contribution in [3.63, 3.8) is 0 Å². The fraction of sp³-hybridized carbons (Fsp3) is 0.500. The predicted octanol–water partition coefficient (Wildman–Crippen LogP) is 3.42. The number of rotatable bonds is 3. The molecule has 1 amide bonds. The first-order valence-electron chi connectivity index (χ1n) is 8.79. The van der Waals surface area contributed by atoms with E-state index in [1.807, 2.05) is 0 Å². The van der Waals surface area contributed by atoms with Crippen LogP contribution in [0.5, 0.6) is 0 Å². The molecule has 3 aliphatic carbocycles. The fourth-order valence-corrected chi connectivity index (χ4v) is 4.54. The Balaban J connectivity index is 1.36. The van der Waals surface area contributed by atoms with E-state index in [-0.39, 0.29) is 11.9 Å². The van der Waals surface area contributed by atoms with E-state index in [4.69, 9.17) is 0 Å². The molecule has 0 radical (unpaired) electrons. The molecule has 0 saturated heterocycles. The van der Waals surface area contributed by atoms with Gasteiger partial charge in [0.15, 0.2) is 0 Å². The van der Waals surface area contributed by atoms with Crippen molar-refractivity contribution >= 4 is 5.91 Å². The van der Waals surface area contributed by atoms with Gasteiger partial charge >= 0.3 is 6.18 Å². The van der Waals surface area contributed by atoms with Crippen LogP contribution in [-0.4, -0.2) is 26.3 Å². The van der Waals surface area contributed by atoms with Gasteiger partial charge in [0.05, 0.1) is 22.8 Å².